The molecule has 4 rings (SSSR count). The number of aromatic nitrogens is 3. The first-order chi connectivity index (χ1) is 15.0. The molecule has 2 heterocycles. The first kappa shape index (κ1) is 20.7. The number of anilines is 2. The Kier molecular flexibility index (Phi) is 6.06. The molecular weight excluding hydrogens is 438 g/mol. The maximum absolute atomic E-state index is 12.4. The van der Waals surface area contributed by atoms with Crippen LogP contribution in [-0.2, 0) is 11.3 Å². The summed E-state index contributed by atoms with van der Waals surface area (Å²) in [6.45, 7) is 0.0217. The van der Waals surface area contributed by atoms with Gasteiger partial charge in [0.05, 0.1) is 16.8 Å². The number of amides is 2. The van der Waals surface area contributed by atoms with Crippen molar-refractivity contribution >= 4 is 55.8 Å². The van der Waals surface area contributed by atoms with Crippen molar-refractivity contribution in [2.75, 3.05) is 10.6 Å². The molecule has 0 saturated carbocycles. The van der Waals surface area contributed by atoms with Gasteiger partial charge in [-0.25, -0.2) is 9.67 Å². The fraction of sp³-hybridized carbons (Fsp3) is 0.0952. The molecule has 2 aromatic heterocycles. The van der Waals surface area contributed by atoms with Crippen molar-refractivity contribution in [1.82, 2.24) is 14.8 Å². The van der Waals surface area contributed by atoms with Gasteiger partial charge >= 0.3 is 0 Å². The zero-order valence-corrected chi connectivity index (χ0v) is 17.6. The number of carbonyl (C=O) groups excluding carboxylic acids is 2. The maximum Gasteiger partial charge on any atom is 0.276 e. The third-order valence-corrected chi connectivity index (χ3v) is 5.45. The maximum atomic E-state index is 12.4. The van der Waals surface area contributed by atoms with Crippen LogP contribution in [0.4, 0.5) is 10.8 Å². The lowest BCUT2D eigenvalue weighted by atomic mass is 10.3. The molecule has 0 atom stereocenters. The van der Waals surface area contributed by atoms with Crippen LogP contribution in [0.25, 0.3) is 10.2 Å². The van der Waals surface area contributed by atoms with Crippen molar-refractivity contribution in [3.05, 3.63) is 81.7 Å². The van der Waals surface area contributed by atoms with Crippen LogP contribution in [0.2, 0.25) is 5.02 Å². The molecule has 8 nitrogen and oxygen atoms in total. The summed E-state index contributed by atoms with van der Waals surface area (Å²) in [6.07, 6.45) is -0.00660. The number of thiazole rings is 1. The molecule has 31 heavy (non-hydrogen) atoms. The van der Waals surface area contributed by atoms with Crippen LogP contribution in [-0.4, -0.2) is 26.6 Å². The molecule has 4 aromatic rings. The molecule has 0 spiro atoms. The van der Waals surface area contributed by atoms with Crippen LogP contribution < -0.4 is 16.2 Å². The molecule has 2 N–H and O–H groups in total. The van der Waals surface area contributed by atoms with Crippen molar-refractivity contribution in [3.63, 3.8) is 0 Å². The zero-order chi connectivity index (χ0) is 21.8. The van der Waals surface area contributed by atoms with E-state index >= 15 is 0 Å². The van der Waals surface area contributed by atoms with Gasteiger partial charge in [0.1, 0.15) is 5.69 Å². The van der Waals surface area contributed by atoms with E-state index in [4.69, 9.17) is 11.6 Å². The van der Waals surface area contributed by atoms with E-state index in [9.17, 15) is 14.4 Å². The van der Waals surface area contributed by atoms with Crippen molar-refractivity contribution in [2.24, 2.45) is 0 Å². The quantitative estimate of drug-likeness (QED) is 0.462. The highest BCUT2D eigenvalue weighted by Gasteiger charge is 2.12. The van der Waals surface area contributed by atoms with Gasteiger partial charge in [-0.3, -0.25) is 14.4 Å². The van der Waals surface area contributed by atoms with Gasteiger partial charge in [-0.1, -0.05) is 41.1 Å². The third-order valence-electron chi connectivity index (χ3n) is 4.28. The topological polar surface area (TPSA) is 106 Å². The highest BCUT2D eigenvalue weighted by molar-refractivity contribution is 7.22. The molecular formula is C21H16ClN5O3S. The fourth-order valence-electron chi connectivity index (χ4n) is 2.79. The molecule has 0 bridgehead atoms. The monoisotopic (exact) mass is 453 g/mol. The summed E-state index contributed by atoms with van der Waals surface area (Å²) in [5.74, 6) is -0.768. The summed E-state index contributed by atoms with van der Waals surface area (Å²) in [4.78, 5) is 41.1. The highest BCUT2D eigenvalue weighted by atomic mass is 35.5. The van der Waals surface area contributed by atoms with Gasteiger partial charge < -0.3 is 10.6 Å². The van der Waals surface area contributed by atoms with Gasteiger partial charge in [-0.15, -0.1) is 0 Å². The highest BCUT2D eigenvalue weighted by Crippen LogP contribution is 2.28. The molecule has 0 saturated heterocycles. The van der Waals surface area contributed by atoms with Crippen LogP contribution in [0.15, 0.2) is 65.5 Å². The van der Waals surface area contributed by atoms with E-state index in [1.165, 1.54) is 23.5 Å². The number of halogens is 1. The Morgan fingerprint density at radius 1 is 1.03 bits per heavy atom. The van der Waals surface area contributed by atoms with Gasteiger partial charge in [0.15, 0.2) is 5.13 Å². The number of para-hydroxylation sites is 1. The standard InChI is InChI=1S/C21H16ClN5O3S/c22-13-6-7-15-17(12-13)31-21(24-15)25-18(28)10-11-27-19(29)9-8-16(26-27)20(30)23-14-4-2-1-3-5-14/h1-9,12H,10-11H2,(H,23,30)(H,24,25,28). The van der Waals surface area contributed by atoms with Crippen molar-refractivity contribution in [1.29, 1.82) is 0 Å². The number of aryl methyl sites for hydroxylation is 1. The van der Waals surface area contributed by atoms with E-state index in [1.807, 2.05) is 6.07 Å². The Morgan fingerprint density at radius 2 is 1.84 bits per heavy atom. The summed E-state index contributed by atoms with van der Waals surface area (Å²) in [5, 5.41) is 10.5. The van der Waals surface area contributed by atoms with E-state index in [1.54, 1.807) is 42.5 Å². The molecule has 0 aliphatic carbocycles. The van der Waals surface area contributed by atoms with E-state index in [2.05, 4.69) is 20.7 Å². The average molecular weight is 454 g/mol. The summed E-state index contributed by atoms with van der Waals surface area (Å²) >= 11 is 7.28. The molecule has 10 heteroatoms. The molecule has 156 valence electrons. The van der Waals surface area contributed by atoms with Gasteiger partial charge in [0.2, 0.25) is 5.91 Å². The van der Waals surface area contributed by atoms with Gasteiger partial charge in [0.25, 0.3) is 11.5 Å². The Labute approximate surface area is 185 Å². The summed E-state index contributed by atoms with van der Waals surface area (Å²) in [5.41, 5.74) is 1.02. The van der Waals surface area contributed by atoms with E-state index < -0.39 is 11.5 Å². The molecule has 0 aliphatic rings. The van der Waals surface area contributed by atoms with E-state index in [0.717, 1.165) is 14.9 Å². The normalized spacial score (nSPS) is 10.7. The molecule has 0 fully saturated rings. The Bertz CT molecular complexity index is 1320. The van der Waals surface area contributed by atoms with Crippen molar-refractivity contribution in [2.45, 2.75) is 13.0 Å². The minimum atomic E-state index is -0.447. The molecule has 2 amide bonds. The number of fused-ring (bicyclic) bond motifs is 1. The molecule has 0 radical (unpaired) electrons. The van der Waals surface area contributed by atoms with E-state index in [-0.39, 0.29) is 24.6 Å². The number of nitrogens with one attached hydrogen (secondary N) is 2. The predicted octanol–water partition coefficient (Wildman–Crippen LogP) is 3.79. The Morgan fingerprint density at radius 3 is 2.65 bits per heavy atom. The molecule has 2 aromatic carbocycles. The first-order valence-corrected chi connectivity index (χ1v) is 10.5. The lowest BCUT2D eigenvalue weighted by molar-refractivity contribution is -0.116. The fourth-order valence-corrected chi connectivity index (χ4v) is 3.95. The number of rotatable bonds is 6. The minimum absolute atomic E-state index is 0.00660. The van der Waals surface area contributed by atoms with E-state index in [0.29, 0.717) is 15.8 Å². The van der Waals surface area contributed by atoms with Crippen LogP contribution in [0, 0.1) is 0 Å². The molecule has 0 aliphatic heterocycles. The number of benzene rings is 2. The number of carbonyl (C=O) groups is 2. The second-order valence-corrected chi connectivity index (χ2v) is 8.00. The van der Waals surface area contributed by atoms with Crippen LogP contribution in [0.3, 0.4) is 0 Å². The second kappa shape index (κ2) is 9.07. The first-order valence-electron chi connectivity index (χ1n) is 9.28. The minimum Gasteiger partial charge on any atom is -0.321 e. The van der Waals surface area contributed by atoms with Crippen molar-refractivity contribution < 1.29 is 9.59 Å². The van der Waals surface area contributed by atoms with Crippen molar-refractivity contribution in [3.8, 4) is 0 Å². The lowest BCUT2D eigenvalue weighted by Gasteiger charge is -2.08. The number of hydrogen-bond acceptors (Lipinski definition) is 6. The number of hydrogen-bond donors (Lipinski definition) is 2. The van der Waals surface area contributed by atoms with Gasteiger partial charge in [0, 0.05) is 23.2 Å². The smallest absolute Gasteiger partial charge is 0.276 e. The largest absolute Gasteiger partial charge is 0.321 e. The zero-order valence-electron chi connectivity index (χ0n) is 16.0. The predicted molar refractivity (Wildman–Crippen MR) is 121 cm³/mol. The lowest BCUT2D eigenvalue weighted by Crippen LogP contribution is -2.28. The van der Waals surface area contributed by atoms with Gasteiger partial charge in [-0.05, 0) is 36.4 Å². The van der Waals surface area contributed by atoms with Gasteiger partial charge in [-0.2, -0.15) is 5.10 Å². The van der Waals surface area contributed by atoms with Crippen LogP contribution in [0.5, 0.6) is 0 Å². The second-order valence-electron chi connectivity index (χ2n) is 6.53. The summed E-state index contributed by atoms with van der Waals surface area (Å²) in [7, 11) is 0. The Balaban J connectivity index is 1.40. The Hall–Kier alpha value is -3.56. The average Bonchev–Trinajstić information content (AvgIpc) is 3.15. The molecule has 0 unspecified atom stereocenters. The SMILES string of the molecule is O=C(CCn1nc(C(=O)Nc2ccccc2)ccc1=O)Nc1nc2ccc(Cl)cc2s1. The third kappa shape index (κ3) is 5.14. The number of nitrogens with zero attached hydrogens (tertiary/aromatic N) is 3. The van der Waals surface area contributed by atoms with Crippen LogP contribution >= 0.6 is 22.9 Å². The summed E-state index contributed by atoms with van der Waals surface area (Å²) < 4.78 is 1.95. The summed E-state index contributed by atoms with van der Waals surface area (Å²) in [6, 6.07) is 16.8. The van der Waals surface area contributed by atoms with Crippen LogP contribution in [0.1, 0.15) is 16.9 Å².